The van der Waals surface area contributed by atoms with Gasteiger partial charge < -0.3 is 15.3 Å². The molecule has 21 heavy (non-hydrogen) atoms. The molecule has 5 nitrogen and oxygen atoms in total. The standard InChI is InChI=1S/C15H23N3O2S/c1-11-17-12(8-21-11)7-14(20)18-6-2-4-15(10-18)9-16-5-3-13(15)19/h8,13,16,19H,2-7,9-10H2,1H3/t13-,15-/m0/s1. The van der Waals surface area contributed by atoms with Crippen molar-refractivity contribution in [2.75, 3.05) is 26.2 Å². The van der Waals surface area contributed by atoms with Gasteiger partial charge in [0.15, 0.2) is 0 Å². The molecule has 3 heterocycles. The highest BCUT2D eigenvalue weighted by molar-refractivity contribution is 7.09. The van der Waals surface area contributed by atoms with Gasteiger partial charge in [0.05, 0.1) is 23.2 Å². The molecule has 1 aromatic heterocycles. The fourth-order valence-electron chi connectivity index (χ4n) is 3.55. The van der Waals surface area contributed by atoms with Crippen LogP contribution in [0, 0.1) is 12.3 Å². The van der Waals surface area contributed by atoms with Crippen LogP contribution >= 0.6 is 11.3 Å². The fourth-order valence-corrected chi connectivity index (χ4v) is 4.16. The Morgan fingerprint density at radius 2 is 2.52 bits per heavy atom. The first kappa shape index (κ1) is 14.9. The number of amides is 1. The molecule has 0 aromatic carbocycles. The first-order valence-corrected chi connectivity index (χ1v) is 8.55. The Morgan fingerprint density at radius 3 is 3.24 bits per heavy atom. The fraction of sp³-hybridized carbons (Fsp3) is 0.733. The van der Waals surface area contributed by atoms with E-state index in [1.54, 1.807) is 11.3 Å². The Bertz CT molecular complexity index is 515. The zero-order chi connectivity index (χ0) is 14.9. The van der Waals surface area contributed by atoms with Gasteiger partial charge in [-0.3, -0.25) is 4.79 Å². The number of hydrogen-bond donors (Lipinski definition) is 2. The third kappa shape index (κ3) is 3.12. The minimum Gasteiger partial charge on any atom is -0.392 e. The molecule has 0 bridgehead atoms. The second kappa shape index (κ2) is 6.02. The van der Waals surface area contributed by atoms with E-state index in [1.807, 2.05) is 17.2 Å². The molecule has 2 atom stereocenters. The van der Waals surface area contributed by atoms with Gasteiger partial charge in [-0.25, -0.2) is 4.98 Å². The normalized spacial score (nSPS) is 29.8. The molecule has 116 valence electrons. The number of carbonyl (C=O) groups is 1. The van der Waals surface area contributed by atoms with Gasteiger partial charge in [0.1, 0.15) is 0 Å². The number of carbonyl (C=O) groups excluding carboxylic acids is 1. The highest BCUT2D eigenvalue weighted by Gasteiger charge is 2.44. The number of aromatic nitrogens is 1. The lowest BCUT2D eigenvalue weighted by atomic mass is 9.72. The smallest absolute Gasteiger partial charge is 0.228 e. The topological polar surface area (TPSA) is 65.5 Å². The molecule has 6 heteroatoms. The van der Waals surface area contributed by atoms with Crippen LogP contribution in [0.25, 0.3) is 0 Å². The molecule has 2 aliphatic rings. The first-order chi connectivity index (χ1) is 10.1. The second-order valence-electron chi connectivity index (χ2n) is 6.30. The summed E-state index contributed by atoms with van der Waals surface area (Å²) in [5.74, 6) is 0.136. The maximum Gasteiger partial charge on any atom is 0.228 e. The van der Waals surface area contributed by atoms with E-state index in [1.165, 1.54) is 0 Å². The Kier molecular flexibility index (Phi) is 4.28. The van der Waals surface area contributed by atoms with Crippen molar-refractivity contribution in [1.82, 2.24) is 15.2 Å². The number of aliphatic hydroxyl groups is 1. The molecule has 0 saturated carbocycles. The van der Waals surface area contributed by atoms with Gasteiger partial charge in [0.2, 0.25) is 5.91 Å². The van der Waals surface area contributed by atoms with Crippen LogP contribution in [-0.4, -0.2) is 53.2 Å². The van der Waals surface area contributed by atoms with Crippen LogP contribution in [0.15, 0.2) is 5.38 Å². The molecule has 2 fully saturated rings. The lowest BCUT2D eigenvalue weighted by molar-refractivity contribution is -0.137. The molecule has 1 amide bonds. The lowest BCUT2D eigenvalue weighted by Gasteiger charge is -2.48. The van der Waals surface area contributed by atoms with Gasteiger partial charge in [-0.1, -0.05) is 0 Å². The predicted molar refractivity (Wildman–Crippen MR) is 82.3 cm³/mol. The molecule has 2 saturated heterocycles. The second-order valence-corrected chi connectivity index (χ2v) is 7.36. The molecule has 0 unspecified atom stereocenters. The number of nitrogens with one attached hydrogen (secondary N) is 1. The Labute approximate surface area is 129 Å². The van der Waals surface area contributed by atoms with Gasteiger partial charge in [-0.15, -0.1) is 11.3 Å². The van der Waals surface area contributed by atoms with Crippen molar-refractivity contribution in [2.24, 2.45) is 5.41 Å². The summed E-state index contributed by atoms with van der Waals surface area (Å²) in [6.07, 6.45) is 2.84. The summed E-state index contributed by atoms with van der Waals surface area (Å²) in [6.45, 7) is 5.11. The van der Waals surface area contributed by atoms with Crippen LogP contribution < -0.4 is 5.32 Å². The summed E-state index contributed by atoms with van der Waals surface area (Å²) in [6, 6.07) is 0. The third-order valence-corrected chi connectivity index (χ3v) is 5.56. The van der Waals surface area contributed by atoms with Crippen LogP contribution in [-0.2, 0) is 11.2 Å². The third-order valence-electron chi connectivity index (χ3n) is 4.74. The minimum atomic E-state index is -0.295. The maximum atomic E-state index is 12.5. The number of hydrogen-bond acceptors (Lipinski definition) is 5. The van der Waals surface area contributed by atoms with Crippen LogP contribution in [0.2, 0.25) is 0 Å². The molecule has 0 aliphatic carbocycles. The van der Waals surface area contributed by atoms with E-state index in [-0.39, 0.29) is 17.4 Å². The predicted octanol–water partition coefficient (Wildman–Crippen LogP) is 0.957. The number of nitrogens with zero attached hydrogens (tertiary/aromatic N) is 2. The van der Waals surface area contributed by atoms with Gasteiger partial charge in [-0.2, -0.15) is 0 Å². The molecule has 1 spiro atoms. The van der Waals surface area contributed by atoms with Crippen molar-refractivity contribution in [3.63, 3.8) is 0 Å². The molecular weight excluding hydrogens is 286 g/mol. The van der Waals surface area contributed by atoms with Crippen LogP contribution in [0.1, 0.15) is 30.0 Å². The van der Waals surface area contributed by atoms with Crippen molar-refractivity contribution >= 4 is 17.2 Å². The van der Waals surface area contributed by atoms with Crippen molar-refractivity contribution < 1.29 is 9.90 Å². The number of aliphatic hydroxyl groups excluding tert-OH is 1. The summed E-state index contributed by atoms with van der Waals surface area (Å²) in [5, 5.41) is 16.7. The molecule has 0 radical (unpaired) electrons. The summed E-state index contributed by atoms with van der Waals surface area (Å²) >= 11 is 1.58. The number of aryl methyl sites for hydroxylation is 1. The highest BCUT2D eigenvalue weighted by atomic mass is 32.1. The largest absolute Gasteiger partial charge is 0.392 e. The van der Waals surface area contributed by atoms with Crippen molar-refractivity contribution in [1.29, 1.82) is 0 Å². The SMILES string of the molecule is Cc1nc(CC(=O)N2CCC[C@]3(CNCC[C@@H]3O)C2)cs1. The number of rotatable bonds is 2. The molecule has 3 rings (SSSR count). The van der Waals surface area contributed by atoms with Crippen LogP contribution in [0.4, 0.5) is 0 Å². The monoisotopic (exact) mass is 309 g/mol. The first-order valence-electron chi connectivity index (χ1n) is 7.67. The minimum absolute atomic E-state index is 0.136. The van der Waals surface area contributed by atoms with Gasteiger partial charge in [0, 0.05) is 30.4 Å². The zero-order valence-corrected chi connectivity index (χ0v) is 13.3. The number of likely N-dealkylation sites (tertiary alicyclic amines) is 1. The lowest BCUT2D eigenvalue weighted by Crippen LogP contribution is -2.59. The van der Waals surface area contributed by atoms with Crippen molar-refractivity contribution in [3.05, 3.63) is 16.1 Å². The average molecular weight is 309 g/mol. The van der Waals surface area contributed by atoms with E-state index in [0.29, 0.717) is 13.0 Å². The molecule has 1 aromatic rings. The number of thiazole rings is 1. The highest BCUT2D eigenvalue weighted by Crippen LogP contribution is 2.36. The molecule has 2 N–H and O–H groups in total. The van der Waals surface area contributed by atoms with Crippen molar-refractivity contribution in [3.8, 4) is 0 Å². The number of piperidine rings is 2. The van der Waals surface area contributed by atoms with E-state index >= 15 is 0 Å². The van der Waals surface area contributed by atoms with Gasteiger partial charge >= 0.3 is 0 Å². The quantitative estimate of drug-likeness (QED) is 0.854. The van der Waals surface area contributed by atoms with E-state index in [2.05, 4.69) is 10.3 Å². The molecular formula is C15H23N3O2S. The van der Waals surface area contributed by atoms with Crippen LogP contribution in [0.3, 0.4) is 0 Å². The average Bonchev–Trinajstić information content (AvgIpc) is 2.88. The summed E-state index contributed by atoms with van der Waals surface area (Å²) < 4.78 is 0. The summed E-state index contributed by atoms with van der Waals surface area (Å²) in [7, 11) is 0. The van der Waals surface area contributed by atoms with E-state index in [4.69, 9.17) is 0 Å². The summed E-state index contributed by atoms with van der Waals surface area (Å²) in [5.41, 5.74) is 0.717. The Hall–Kier alpha value is -0.980. The van der Waals surface area contributed by atoms with E-state index in [0.717, 1.165) is 49.6 Å². The summed E-state index contributed by atoms with van der Waals surface area (Å²) in [4.78, 5) is 18.8. The van der Waals surface area contributed by atoms with Gasteiger partial charge in [0.25, 0.3) is 0 Å². The van der Waals surface area contributed by atoms with E-state index in [9.17, 15) is 9.90 Å². The van der Waals surface area contributed by atoms with E-state index < -0.39 is 0 Å². The Morgan fingerprint density at radius 1 is 1.67 bits per heavy atom. The zero-order valence-electron chi connectivity index (χ0n) is 12.5. The van der Waals surface area contributed by atoms with Crippen LogP contribution in [0.5, 0.6) is 0 Å². The van der Waals surface area contributed by atoms with Crippen molar-refractivity contribution in [2.45, 2.75) is 38.7 Å². The molecule has 2 aliphatic heterocycles. The Balaban J connectivity index is 1.66. The van der Waals surface area contributed by atoms with Gasteiger partial charge in [-0.05, 0) is 32.7 Å². The maximum absolute atomic E-state index is 12.5.